The lowest BCUT2D eigenvalue weighted by Gasteiger charge is -2.37. The van der Waals surface area contributed by atoms with E-state index in [2.05, 4.69) is 10.2 Å². The zero-order valence-corrected chi connectivity index (χ0v) is 20.5. The molecule has 2 aromatic carbocycles. The predicted molar refractivity (Wildman–Crippen MR) is 123 cm³/mol. The van der Waals surface area contributed by atoms with Crippen molar-refractivity contribution in [3.8, 4) is 0 Å². The summed E-state index contributed by atoms with van der Waals surface area (Å²) in [5.41, 5.74) is -2.53. The van der Waals surface area contributed by atoms with E-state index in [1.165, 1.54) is 31.7 Å². The first-order valence-corrected chi connectivity index (χ1v) is 12.1. The Balaban J connectivity index is 1.48. The lowest BCUT2D eigenvalue weighted by atomic mass is 9.84. The van der Waals surface area contributed by atoms with Crippen molar-refractivity contribution in [2.75, 3.05) is 6.54 Å². The van der Waals surface area contributed by atoms with Gasteiger partial charge in [0.2, 0.25) is 5.91 Å². The second-order valence-electron chi connectivity index (χ2n) is 9.85. The average molecular weight is 556 g/mol. The number of benzene rings is 2. The second-order valence-corrected chi connectivity index (χ2v) is 9.85. The summed E-state index contributed by atoms with van der Waals surface area (Å²) >= 11 is 0. The van der Waals surface area contributed by atoms with Gasteiger partial charge in [-0.25, -0.2) is 4.39 Å². The highest BCUT2D eigenvalue weighted by molar-refractivity contribution is 5.78. The number of hydrogen-bond acceptors (Lipinski definition) is 4. The van der Waals surface area contributed by atoms with Crippen molar-refractivity contribution in [2.24, 2.45) is 0 Å². The van der Waals surface area contributed by atoms with Crippen LogP contribution in [0.4, 0.5) is 30.7 Å². The maximum Gasteiger partial charge on any atom is 0.416 e. The summed E-state index contributed by atoms with van der Waals surface area (Å²) < 4.78 is 102. The Hall–Kier alpha value is -3.48. The number of carbonyl (C=O) groups excluding carboxylic acids is 1. The van der Waals surface area contributed by atoms with Crippen molar-refractivity contribution in [3.05, 3.63) is 83.2 Å². The Morgan fingerprint density at radius 3 is 2.10 bits per heavy atom. The number of ether oxygens (including phenoxy) is 1. The fourth-order valence-corrected chi connectivity index (χ4v) is 5.55. The minimum Gasteiger partial charge on any atom is -0.368 e. The van der Waals surface area contributed by atoms with Gasteiger partial charge in [0.05, 0.1) is 23.3 Å². The van der Waals surface area contributed by atoms with Crippen LogP contribution in [-0.2, 0) is 21.9 Å². The number of carbonyl (C=O) groups is 1. The second kappa shape index (κ2) is 9.92. The Morgan fingerprint density at radius 2 is 1.54 bits per heavy atom. The summed E-state index contributed by atoms with van der Waals surface area (Å²) in [5, 5.41) is 7.59. The van der Waals surface area contributed by atoms with E-state index in [4.69, 9.17) is 4.74 Å². The molecule has 1 aromatic heterocycles. The highest BCUT2D eigenvalue weighted by atomic mass is 19.4. The van der Waals surface area contributed by atoms with E-state index in [1.54, 1.807) is 21.6 Å². The van der Waals surface area contributed by atoms with E-state index < -0.39 is 53.5 Å². The SMILES string of the molecule is C[C@@H](O[C@H]1CN2C(=O)CC(n3cnnc3)C[C@H]2[C@@H]1c1ccc(F)cc1)c1cc(C(F)(F)F)cc(C(F)(F)F)c1. The normalized spacial score (nSPS) is 24.6. The highest BCUT2D eigenvalue weighted by Crippen LogP contribution is 2.45. The molecular weight excluding hydrogens is 533 g/mol. The predicted octanol–water partition coefficient (Wildman–Crippen LogP) is 5.93. The fourth-order valence-electron chi connectivity index (χ4n) is 5.55. The summed E-state index contributed by atoms with van der Waals surface area (Å²) in [6.07, 6.45) is -8.31. The van der Waals surface area contributed by atoms with Gasteiger partial charge in [0.15, 0.2) is 0 Å². The number of aromatic nitrogens is 3. The standard InChI is InChI=1S/C26H23F7N4O2/c1-14(16-6-17(25(28,29)30)8-18(7-16)26(31,32)33)39-22-11-37-21(24(22)15-2-4-19(27)5-3-15)9-20(10-23(37)38)36-12-34-35-13-36/h2-8,12-14,20-22,24H,9-11H2,1H3/t14-,20?,21+,22+,24+/m1/s1. The van der Waals surface area contributed by atoms with Gasteiger partial charge in [-0.15, -0.1) is 10.2 Å². The van der Waals surface area contributed by atoms with Crippen LogP contribution in [0, 0.1) is 5.82 Å². The number of nitrogens with zero attached hydrogens (tertiary/aromatic N) is 4. The fraction of sp³-hybridized carbons (Fsp3) is 0.423. The molecule has 0 spiro atoms. The van der Waals surface area contributed by atoms with Crippen LogP contribution in [0.25, 0.3) is 0 Å². The lowest BCUT2D eigenvalue weighted by Crippen LogP contribution is -2.44. The van der Waals surface area contributed by atoms with Crippen LogP contribution in [0.5, 0.6) is 0 Å². The Bertz CT molecular complexity index is 1290. The molecule has 208 valence electrons. The number of alkyl halides is 6. The van der Waals surface area contributed by atoms with Gasteiger partial charge in [-0.3, -0.25) is 4.79 Å². The minimum absolute atomic E-state index is 0.0666. The van der Waals surface area contributed by atoms with Crippen LogP contribution in [0.3, 0.4) is 0 Å². The van der Waals surface area contributed by atoms with Crippen molar-refractivity contribution in [1.29, 1.82) is 0 Å². The number of amides is 1. The summed E-state index contributed by atoms with van der Waals surface area (Å²) in [5.74, 6) is -1.18. The highest BCUT2D eigenvalue weighted by Gasteiger charge is 2.50. The molecule has 0 bridgehead atoms. The maximum absolute atomic E-state index is 13.7. The number of halogens is 7. The van der Waals surface area contributed by atoms with Gasteiger partial charge in [-0.2, -0.15) is 26.3 Å². The van der Waals surface area contributed by atoms with E-state index in [0.717, 1.165) is 0 Å². The molecule has 2 aliphatic rings. The summed E-state index contributed by atoms with van der Waals surface area (Å²) in [4.78, 5) is 14.8. The van der Waals surface area contributed by atoms with E-state index in [9.17, 15) is 35.5 Å². The molecule has 13 heteroatoms. The first kappa shape index (κ1) is 27.1. The first-order chi connectivity index (χ1) is 18.3. The van der Waals surface area contributed by atoms with Crippen LogP contribution in [0.15, 0.2) is 55.1 Å². The van der Waals surface area contributed by atoms with Crippen LogP contribution >= 0.6 is 0 Å². The van der Waals surface area contributed by atoms with Gasteiger partial charge in [-0.1, -0.05) is 12.1 Å². The molecule has 0 radical (unpaired) electrons. The van der Waals surface area contributed by atoms with Crippen LogP contribution in [-0.4, -0.2) is 44.3 Å². The van der Waals surface area contributed by atoms with Gasteiger partial charge in [0, 0.05) is 31.0 Å². The minimum atomic E-state index is -5.00. The van der Waals surface area contributed by atoms with E-state index in [-0.39, 0.29) is 36.5 Å². The van der Waals surface area contributed by atoms with Crippen molar-refractivity contribution < 1.29 is 40.3 Å². The zero-order chi connectivity index (χ0) is 28.1. The van der Waals surface area contributed by atoms with Crippen molar-refractivity contribution in [1.82, 2.24) is 19.7 Å². The quantitative estimate of drug-likeness (QED) is 0.366. The molecule has 1 unspecified atom stereocenters. The van der Waals surface area contributed by atoms with Gasteiger partial charge >= 0.3 is 12.4 Å². The average Bonchev–Trinajstić information content (AvgIpc) is 3.52. The first-order valence-electron chi connectivity index (χ1n) is 12.1. The van der Waals surface area contributed by atoms with E-state index >= 15 is 0 Å². The summed E-state index contributed by atoms with van der Waals surface area (Å²) in [6.45, 7) is 1.45. The topological polar surface area (TPSA) is 60.2 Å². The molecule has 0 aliphatic carbocycles. The molecular formula is C26H23F7N4O2. The Labute approximate surface area is 218 Å². The number of rotatable bonds is 5. The van der Waals surface area contributed by atoms with Gasteiger partial charge in [0.1, 0.15) is 18.5 Å². The third-order valence-corrected chi connectivity index (χ3v) is 7.41. The third kappa shape index (κ3) is 5.49. The molecule has 2 saturated heterocycles. The van der Waals surface area contributed by atoms with Crippen LogP contribution < -0.4 is 0 Å². The molecule has 2 aliphatic heterocycles. The number of piperidine rings is 1. The molecule has 5 rings (SSSR count). The Morgan fingerprint density at radius 1 is 0.949 bits per heavy atom. The zero-order valence-electron chi connectivity index (χ0n) is 20.5. The molecule has 3 aromatic rings. The van der Waals surface area contributed by atoms with Gasteiger partial charge < -0.3 is 14.2 Å². The van der Waals surface area contributed by atoms with E-state index in [0.29, 0.717) is 24.1 Å². The van der Waals surface area contributed by atoms with Gasteiger partial charge in [0.25, 0.3) is 0 Å². The van der Waals surface area contributed by atoms with Gasteiger partial charge in [-0.05, 0) is 54.8 Å². The molecule has 1 amide bonds. The monoisotopic (exact) mass is 556 g/mol. The lowest BCUT2D eigenvalue weighted by molar-refractivity contribution is -0.143. The van der Waals surface area contributed by atoms with Crippen molar-refractivity contribution >= 4 is 5.91 Å². The Kier molecular flexibility index (Phi) is 6.90. The van der Waals surface area contributed by atoms with E-state index in [1.807, 2.05) is 0 Å². The van der Waals surface area contributed by atoms with Crippen molar-refractivity contribution in [3.63, 3.8) is 0 Å². The molecule has 2 fully saturated rings. The maximum atomic E-state index is 13.7. The van der Waals surface area contributed by atoms with Crippen LogP contribution in [0.2, 0.25) is 0 Å². The molecule has 0 saturated carbocycles. The smallest absolute Gasteiger partial charge is 0.368 e. The summed E-state index contributed by atoms with van der Waals surface area (Å²) in [6, 6.07) is 6.28. The largest absolute Gasteiger partial charge is 0.416 e. The molecule has 3 heterocycles. The molecule has 0 N–H and O–H groups in total. The molecule has 6 nitrogen and oxygen atoms in total. The third-order valence-electron chi connectivity index (χ3n) is 7.41. The number of fused-ring (bicyclic) bond motifs is 1. The molecule has 5 atom stereocenters. The molecule has 39 heavy (non-hydrogen) atoms. The van der Waals surface area contributed by atoms with Crippen LogP contribution in [0.1, 0.15) is 60.1 Å². The summed E-state index contributed by atoms with van der Waals surface area (Å²) in [7, 11) is 0. The van der Waals surface area contributed by atoms with Crippen molar-refractivity contribution in [2.45, 2.75) is 62.3 Å². The number of hydrogen-bond donors (Lipinski definition) is 0.